The lowest BCUT2D eigenvalue weighted by Crippen LogP contribution is -2.36. The van der Waals surface area contributed by atoms with Crippen LogP contribution in [0.1, 0.15) is 142 Å². The van der Waals surface area contributed by atoms with Crippen LogP contribution in [0, 0.1) is 5.41 Å². The average molecular weight is 816 g/mol. The molecular weight excluding hydrogens is 766 g/mol. The number of alkyl halides is 6. The van der Waals surface area contributed by atoms with Gasteiger partial charge in [0.2, 0.25) is 11.9 Å². The van der Waals surface area contributed by atoms with Crippen molar-refractivity contribution in [1.82, 2.24) is 15.0 Å². The number of rotatable bonds is 9. The number of anilines is 1. The van der Waals surface area contributed by atoms with Crippen LogP contribution in [0.15, 0.2) is 36.7 Å². The highest BCUT2D eigenvalue weighted by Crippen LogP contribution is 2.52. The highest BCUT2D eigenvalue weighted by Gasteiger charge is 2.44. The van der Waals surface area contributed by atoms with Crippen LogP contribution in [0.4, 0.5) is 32.3 Å². The lowest BCUT2D eigenvalue weighted by atomic mass is 9.68. The summed E-state index contributed by atoms with van der Waals surface area (Å²) in [7, 11) is 0. The van der Waals surface area contributed by atoms with Crippen LogP contribution in [0.3, 0.4) is 0 Å². The third kappa shape index (κ3) is 9.65. The zero-order valence-electron chi connectivity index (χ0n) is 30.5. The Labute approximate surface area is 317 Å². The van der Waals surface area contributed by atoms with Gasteiger partial charge in [0.15, 0.2) is 11.9 Å². The van der Waals surface area contributed by atoms with Crippen molar-refractivity contribution in [2.24, 2.45) is 5.41 Å². The lowest BCUT2D eigenvalue weighted by Gasteiger charge is -2.41. The minimum atomic E-state index is -4.60. The highest BCUT2D eigenvalue weighted by atomic mass is 79.9. The topological polar surface area (TPSA) is 91.6 Å². The van der Waals surface area contributed by atoms with E-state index >= 15 is 4.39 Å². The van der Waals surface area contributed by atoms with E-state index < -0.39 is 41.5 Å². The first kappa shape index (κ1) is 41.2. The molecule has 0 amide bonds. The van der Waals surface area contributed by atoms with Crippen molar-refractivity contribution < 1.29 is 41.3 Å². The molecule has 3 aromatic rings. The molecule has 2 aliphatic carbocycles. The van der Waals surface area contributed by atoms with Gasteiger partial charge in [0, 0.05) is 55.1 Å². The van der Waals surface area contributed by atoms with E-state index in [4.69, 9.17) is 9.72 Å². The second kappa shape index (κ2) is 15.6. The molecule has 2 fully saturated rings. The quantitative estimate of drug-likeness (QED) is 0.208. The lowest BCUT2D eigenvalue weighted by molar-refractivity contribution is -0.137. The van der Waals surface area contributed by atoms with E-state index in [1.807, 2.05) is 18.7 Å². The number of halogens is 7. The number of ether oxygens (including phenoxy) is 1. The molecule has 1 unspecified atom stereocenters. The van der Waals surface area contributed by atoms with Crippen LogP contribution < -0.4 is 9.64 Å². The molecule has 292 valence electrons. The van der Waals surface area contributed by atoms with Crippen LogP contribution in [0.25, 0.3) is 0 Å². The number of hydrogen-bond acceptors (Lipinski definition) is 7. The fourth-order valence-corrected chi connectivity index (χ4v) is 8.03. The van der Waals surface area contributed by atoms with Crippen LogP contribution in [-0.2, 0) is 12.6 Å². The number of aliphatic hydroxyl groups excluding tert-OH is 1. The van der Waals surface area contributed by atoms with E-state index in [-0.39, 0.29) is 65.1 Å². The Morgan fingerprint density at radius 1 is 0.943 bits per heavy atom. The van der Waals surface area contributed by atoms with E-state index in [2.05, 4.69) is 9.97 Å². The average Bonchev–Trinajstić information content (AvgIpc) is 3.06. The van der Waals surface area contributed by atoms with Crippen LogP contribution in [0.5, 0.6) is 5.75 Å². The molecule has 53 heavy (non-hydrogen) atoms. The summed E-state index contributed by atoms with van der Waals surface area (Å²) in [6, 6.07) is 3.97. The van der Waals surface area contributed by atoms with Gasteiger partial charge in [0.05, 0.1) is 42.0 Å². The predicted octanol–water partition coefficient (Wildman–Crippen LogP) is 9.75. The van der Waals surface area contributed by atoms with Gasteiger partial charge in [-0.15, -0.1) is 17.0 Å². The van der Waals surface area contributed by atoms with Crippen molar-refractivity contribution in [3.63, 3.8) is 0 Å². The smallest absolute Gasteiger partial charge is 0.416 e. The molecule has 1 aliphatic heterocycles. The summed E-state index contributed by atoms with van der Waals surface area (Å²) in [5, 5.41) is 21.5. The molecule has 2 N–H and O–H groups in total. The molecule has 0 radical (unpaired) electrons. The van der Waals surface area contributed by atoms with E-state index in [0.29, 0.717) is 86.0 Å². The molecule has 7 nitrogen and oxygen atoms in total. The normalized spacial score (nSPS) is 21.4. The van der Waals surface area contributed by atoms with Gasteiger partial charge in [-0.25, -0.2) is 23.1 Å². The predicted molar refractivity (Wildman–Crippen MR) is 195 cm³/mol. The first-order valence-electron chi connectivity index (χ1n) is 18.2. The van der Waals surface area contributed by atoms with Gasteiger partial charge < -0.3 is 19.8 Å². The van der Waals surface area contributed by atoms with Gasteiger partial charge in [0.1, 0.15) is 0 Å². The molecule has 6 rings (SSSR count). The molecule has 1 saturated carbocycles. The minimum absolute atomic E-state index is 0. The zero-order chi connectivity index (χ0) is 37.6. The Hall–Kier alpha value is -2.97. The van der Waals surface area contributed by atoms with Gasteiger partial charge in [-0.2, -0.15) is 13.2 Å². The Morgan fingerprint density at radius 2 is 1.55 bits per heavy atom. The SMILES string of the molecule is Br.CC(C)(O)CCOc1cnc(N2CCC(c3nc4c(c(C5CCC(F)(F)CC5)c3C(F)c3ccc(C(F)(F)F)cc3)[C@@H](O)CC(C)(C)C4)CC2)nc1. The molecule has 1 aromatic carbocycles. The first-order valence-corrected chi connectivity index (χ1v) is 18.2. The second-order valence-electron chi connectivity index (χ2n) is 16.2. The molecule has 14 heteroatoms. The maximum Gasteiger partial charge on any atom is 0.416 e. The van der Waals surface area contributed by atoms with E-state index in [0.717, 1.165) is 24.3 Å². The number of piperidine rings is 1. The fourth-order valence-electron chi connectivity index (χ4n) is 8.03. The standard InChI is InChI=1S/C39H48F6N4O3.BrH/c1-36(2)19-28-31(29(50)20-36)30(23-9-13-38(41,42)14-10-23)32(33(40)24-5-7-26(8-6-24)39(43,44)45)34(48-28)25-11-16-49(17-12-25)35-46-21-27(22-47-35)52-18-15-37(3,4)51;/h5-8,21-23,25,29,33,50-51H,9-20H2,1-4H3;1H/t29-,33?;/m0./s1. The van der Waals surface area contributed by atoms with Crippen molar-refractivity contribution in [2.75, 3.05) is 24.6 Å². The highest BCUT2D eigenvalue weighted by molar-refractivity contribution is 8.93. The first-order chi connectivity index (χ1) is 24.3. The minimum Gasteiger partial charge on any atom is -0.490 e. The summed E-state index contributed by atoms with van der Waals surface area (Å²) < 4.78 is 92.3. The Kier molecular flexibility index (Phi) is 12.2. The van der Waals surface area contributed by atoms with Gasteiger partial charge >= 0.3 is 6.18 Å². The monoisotopic (exact) mass is 814 g/mol. The number of aromatic nitrogens is 3. The van der Waals surface area contributed by atoms with Crippen molar-refractivity contribution in [3.05, 3.63) is 75.9 Å². The van der Waals surface area contributed by atoms with Gasteiger partial charge in [-0.3, -0.25) is 4.98 Å². The summed E-state index contributed by atoms with van der Waals surface area (Å²) in [6.45, 7) is 8.78. The number of benzene rings is 1. The Balaban J connectivity index is 0.00000541. The molecule has 0 spiro atoms. The molecular formula is C39H49BrF6N4O3. The summed E-state index contributed by atoms with van der Waals surface area (Å²) in [6.07, 6.45) is -2.46. The van der Waals surface area contributed by atoms with Crippen molar-refractivity contribution >= 4 is 22.9 Å². The molecule has 2 atom stereocenters. The van der Waals surface area contributed by atoms with Gasteiger partial charge in [-0.05, 0) is 87.0 Å². The third-order valence-electron chi connectivity index (χ3n) is 10.8. The number of fused-ring (bicyclic) bond motifs is 1. The summed E-state index contributed by atoms with van der Waals surface area (Å²) in [4.78, 5) is 16.1. The molecule has 3 heterocycles. The van der Waals surface area contributed by atoms with E-state index in [9.17, 15) is 32.2 Å². The molecule has 1 saturated heterocycles. The zero-order valence-corrected chi connectivity index (χ0v) is 32.2. The van der Waals surface area contributed by atoms with Gasteiger partial charge in [0.25, 0.3) is 0 Å². The van der Waals surface area contributed by atoms with Crippen molar-refractivity contribution in [3.8, 4) is 5.75 Å². The maximum absolute atomic E-state index is 17.3. The summed E-state index contributed by atoms with van der Waals surface area (Å²) >= 11 is 0. The number of aliphatic hydroxyl groups is 2. The maximum atomic E-state index is 17.3. The van der Waals surface area contributed by atoms with E-state index in [1.165, 1.54) is 0 Å². The van der Waals surface area contributed by atoms with Crippen LogP contribution in [-0.4, -0.2) is 56.4 Å². The number of pyridine rings is 1. The van der Waals surface area contributed by atoms with E-state index in [1.54, 1.807) is 26.2 Å². The largest absolute Gasteiger partial charge is 0.490 e. The van der Waals surface area contributed by atoms with Crippen LogP contribution in [0.2, 0.25) is 0 Å². The molecule has 3 aliphatic rings. The number of nitrogens with zero attached hydrogens (tertiary/aromatic N) is 4. The summed E-state index contributed by atoms with van der Waals surface area (Å²) in [5.41, 5.74) is 0.273. The van der Waals surface area contributed by atoms with Crippen LogP contribution >= 0.6 is 17.0 Å². The van der Waals surface area contributed by atoms with Crippen molar-refractivity contribution in [1.29, 1.82) is 0 Å². The fraction of sp³-hybridized carbons (Fsp3) is 0.615. The van der Waals surface area contributed by atoms with Gasteiger partial charge in [-0.1, -0.05) is 26.0 Å². The second-order valence-corrected chi connectivity index (χ2v) is 16.2. The number of hydrogen-bond donors (Lipinski definition) is 2. The molecule has 0 bridgehead atoms. The summed E-state index contributed by atoms with van der Waals surface area (Å²) in [5.74, 6) is -2.59. The third-order valence-corrected chi connectivity index (χ3v) is 10.8. The van der Waals surface area contributed by atoms with Crippen molar-refractivity contribution in [2.45, 2.75) is 127 Å². The Morgan fingerprint density at radius 3 is 2.11 bits per heavy atom. The molecule has 2 aromatic heterocycles. The Bertz CT molecular complexity index is 1700.